The van der Waals surface area contributed by atoms with Crippen molar-refractivity contribution in [1.82, 2.24) is 14.5 Å². The summed E-state index contributed by atoms with van der Waals surface area (Å²) in [4.78, 5) is 14.3. The van der Waals surface area contributed by atoms with E-state index in [0.29, 0.717) is 26.2 Å². The highest BCUT2D eigenvalue weighted by molar-refractivity contribution is 7.89. The minimum atomic E-state index is -3.60. The fraction of sp³-hybridized carbons (Fsp3) is 0.533. The van der Waals surface area contributed by atoms with Gasteiger partial charge in [-0.05, 0) is 32.2 Å². The summed E-state index contributed by atoms with van der Waals surface area (Å²) in [5.41, 5.74) is 0.264. The molecule has 1 aromatic rings. The van der Waals surface area contributed by atoms with Crippen LogP contribution in [-0.4, -0.2) is 74.5 Å². The molecule has 1 aliphatic heterocycles. The monoisotopic (exact) mass is 341 g/mol. The van der Waals surface area contributed by atoms with E-state index in [4.69, 9.17) is 5.11 Å². The maximum absolute atomic E-state index is 12.7. The molecule has 0 radical (unpaired) electrons. The summed E-state index contributed by atoms with van der Waals surface area (Å²) in [6, 6.07) is 5.61. The summed E-state index contributed by atoms with van der Waals surface area (Å²) in [5.74, 6) is -0.401. The molecule has 128 valence electrons. The number of aliphatic hydroxyl groups is 1. The van der Waals surface area contributed by atoms with Crippen molar-refractivity contribution < 1.29 is 18.3 Å². The summed E-state index contributed by atoms with van der Waals surface area (Å²) in [5, 5.41) is 11.6. The molecule has 1 fully saturated rings. The lowest BCUT2D eigenvalue weighted by Crippen LogP contribution is -2.47. The number of hydrogen-bond acceptors (Lipinski definition) is 5. The molecule has 8 heteroatoms. The normalized spacial score (nSPS) is 18.6. The van der Waals surface area contributed by atoms with Crippen molar-refractivity contribution in [1.29, 1.82) is 0 Å². The number of carbonyl (C=O) groups is 1. The summed E-state index contributed by atoms with van der Waals surface area (Å²) in [6.45, 7) is 3.75. The van der Waals surface area contributed by atoms with Crippen molar-refractivity contribution in [2.24, 2.45) is 0 Å². The first-order valence-corrected chi connectivity index (χ1v) is 8.99. The highest BCUT2D eigenvalue weighted by atomic mass is 32.2. The van der Waals surface area contributed by atoms with Crippen molar-refractivity contribution >= 4 is 15.9 Å². The zero-order valence-corrected chi connectivity index (χ0v) is 14.2. The summed E-state index contributed by atoms with van der Waals surface area (Å²) >= 11 is 0. The van der Waals surface area contributed by atoms with E-state index in [1.54, 1.807) is 19.1 Å². The molecule has 1 amide bonds. The van der Waals surface area contributed by atoms with Crippen LogP contribution in [-0.2, 0) is 10.0 Å². The Labute approximate surface area is 136 Å². The molecule has 1 saturated heterocycles. The van der Waals surface area contributed by atoms with Gasteiger partial charge in [-0.25, -0.2) is 8.42 Å². The Kier molecular flexibility index (Phi) is 5.74. The van der Waals surface area contributed by atoms with Crippen LogP contribution in [0.1, 0.15) is 17.3 Å². The molecule has 0 saturated carbocycles. The van der Waals surface area contributed by atoms with Gasteiger partial charge in [-0.3, -0.25) is 4.79 Å². The second-order valence-corrected chi connectivity index (χ2v) is 7.73. The van der Waals surface area contributed by atoms with Gasteiger partial charge in [0.15, 0.2) is 0 Å². The fourth-order valence-electron chi connectivity index (χ4n) is 2.33. The number of sulfonamides is 1. The van der Waals surface area contributed by atoms with E-state index in [1.165, 1.54) is 16.4 Å². The van der Waals surface area contributed by atoms with Gasteiger partial charge >= 0.3 is 0 Å². The predicted octanol–water partition coefficient (Wildman–Crippen LogP) is -0.267. The third-order valence-electron chi connectivity index (χ3n) is 3.85. The predicted molar refractivity (Wildman–Crippen MR) is 86.7 cm³/mol. The third-order valence-corrected chi connectivity index (χ3v) is 5.74. The number of nitrogens with one attached hydrogen (secondary N) is 1. The van der Waals surface area contributed by atoms with Crippen LogP contribution in [0.15, 0.2) is 29.2 Å². The maximum Gasteiger partial charge on any atom is 0.251 e. The van der Waals surface area contributed by atoms with Crippen molar-refractivity contribution in [3.63, 3.8) is 0 Å². The molecule has 1 unspecified atom stereocenters. The van der Waals surface area contributed by atoms with Crippen LogP contribution in [0.2, 0.25) is 0 Å². The van der Waals surface area contributed by atoms with Gasteiger partial charge in [0.1, 0.15) is 0 Å². The molecule has 7 nitrogen and oxygen atoms in total. The van der Waals surface area contributed by atoms with E-state index in [9.17, 15) is 13.2 Å². The number of amides is 1. The molecule has 1 aliphatic rings. The van der Waals surface area contributed by atoms with Gasteiger partial charge in [0.25, 0.3) is 5.91 Å². The molecule has 1 heterocycles. The average Bonchev–Trinajstić information content (AvgIpc) is 2.55. The van der Waals surface area contributed by atoms with E-state index < -0.39 is 15.9 Å². The van der Waals surface area contributed by atoms with Gasteiger partial charge in [0.05, 0.1) is 11.5 Å². The van der Waals surface area contributed by atoms with E-state index in [0.717, 1.165) is 0 Å². The Morgan fingerprint density at radius 3 is 2.57 bits per heavy atom. The SMILES string of the molecule is CC(CO)NC(=O)c1cccc(S(=O)(=O)N2CCN(C)CC2)c1. The van der Waals surface area contributed by atoms with E-state index in [-0.39, 0.29) is 23.1 Å². The highest BCUT2D eigenvalue weighted by Crippen LogP contribution is 2.18. The Morgan fingerprint density at radius 2 is 1.96 bits per heavy atom. The number of hydrogen-bond donors (Lipinski definition) is 2. The summed E-state index contributed by atoms with van der Waals surface area (Å²) in [7, 11) is -1.64. The average molecular weight is 341 g/mol. The topological polar surface area (TPSA) is 89.9 Å². The second kappa shape index (κ2) is 7.39. The number of aliphatic hydroxyl groups excluding tert-OH is 1. The summed E-state index contributed by atoms with van der Waals surface area (Å²) in [6.07, 6.45) is 0. The Bertz CT molecular complexity index is 654. The molecule has 2 rings (SSSR count). The van der Waals surface area contributed by atoms with Crippen LogP contribution in [0.5, 0.6) is 0 Å². The standard InChI is InChI=1S/C15H23N3O4S/c1-12(11-19)16-15(20)13-4-3-5-14(10-13)23(21,22)18-8-6-17(2)7-9-18/h3-5,10,12,19H,6-9,11H2,1-2H3,(H,16,20). The minimum Gasteiger partial charge on any atom is -0.394 e. The van der Waals surface area contributed by atoms with E-state index >= 15 is 0 Å². The first-order chi connectivity index (χ1) is 10.8. The smallest absolute Gasteiger partial charge is 0.251 e. The van der Waals surface area contributed by atoms with E-state index in [1.807, 2.05) is 7.05 Å². The number of piperazine rings is 1. The number of carbonyl (C=O) groups excluding carboxylic acids is 1. The molecular formula is C15H23N3O4S. The maximum atomic E-state index is 12.7. The van der Waals surface area contributed by atoms with Crippen LogP contribution in [0, 0.1) is 0 Å². The minimum absolute atomic E-state index is 0.117. The molecule has 1 atom stereocenters. The zero-order valence-electron chi connectivity index (χ0n) is 13.4. The van der Waals surface area contributed by atoms with Crippen LogP contribution in [0.4, 0.5) is 0 Å². The number of rotatable bonds is 5. The highest BCUT2D eigenvalue weighted by Gasteiger charge is 2.27. The fourth-order valence-corrected chi connectivity index (χ4v) is 3.80. The number of nitrogens with zero attached hydrogens (tertiary/aromatic N) is 2. The van der Waals surface area contributed by atoms with Crippen LogP contribution in [0.25, 0.3) is 0 Å². The first kappa shape index (κ1) is 17.9. The zero-order chi connectivity index (χ0) is 17.0. The van der Waals surface area contributed by atoms with Gasteiger partial charge in [-0.2, -0.15) is 4.31 Å². The van der Waals surface area contributed by atoms with Crippen molar-refractivity contribution in [3.05, 3.63) is 29.8 Å². The Morgan fingerprint density at radius 1 is 1.30 bits per heavy atom. The molecule has 0 aromatic heterocycles. The lowest BCUT2D eigenvalue weighted by Gasteiger charge is -2.31. The largest absolute Gasteiger partial charge is 0.394 e. The molecule has 2 N–H and O–H groups in total. The molecule has 0 aliphatic carbocycles. The van der Waals surface area contributed by atoms with Gasteiger partial charge in [0, 0.05) is 37.8 Å². The van der Waals surface area contributed by atoms with Crippen molar-refractivity contribution in [2.45, 2.75) is 17.9 Å². The van der Waals surface area contributed by atoms with Gasteiger partial charge in [-0.15, -0.1) is 0 Å². The quantitative estimate of drug-likeness (QED) is 0.770. The van der Waals surface area contributed by atoms with Crippen LogP contribution < -0.4 is 5.32 Å². The molecular weight excluding hydrogens is 318 g/mol. The van der Waals surface area contributed by atoms with E-state index in [2.05, 4.69) is 10.2 Å². The molecule has 23 heavy (non-hydrogen) atoms. The van der Waals surface area contributed by atoms with Crippen molar-refractivity contribution in [3.8, 4) is 0 Å². The number of benzene rings is 1. The third kappa shape index (κ3) is 4.29. The lowest BCUT2D eigenvalue weighted by atomic mass is 10.2. The van der Waals surface area contributed by atoms with Gasteiger partial charge in [-0.1, -0.05) is 6.07 Å². The Balaban J connectivity index is 2.20. The molecule has 0 spiro atoms. The molecule has 1 aromatic carbocycles. The lowest BCUT2D eigenvalue weighted by molar-refractivity contribution is 0.0922. The summed E-state index contributed by atoms with van der Waals surface area (Å²) < 4.78 is 26.8. The van der Waals surface area contributed by atoms with Crippen molar-refractivity contribution in [2.75, 3.05) is 39.8 Å². The number of likely N-dealkylation sites (N-methyl/N-ethyl adjacent to an activating group) is 1. The van der Waals surface area contributed by atoms with Crippen LogP contribution >= 0.6 is 0 Å². The molecule has 0 bridgehead atoms. The van der Waals surface area contributed by atoms with Gasteiger partial charge < -0.3 is 15.3 Å². The Hall–Kier alpha value is -1.48. The van der Waals surface area contributed by atoms with Crippen LogP contribution in [0.3, 0.4) is 0 Å². The van der Waals surface area contributed by atoms with Gasteiger partial charge in [0.2, 0.25) is 10.0 Å². The second-order valence-electron chi connectivity index (χ2n) is 5.79. The first-order valence-electron chi connectivity index (χ1n) is 7.55.